The molecule has 0 saturated carbocycles. The van der Waals surface area contributed by atoms with Gasteiger partial charge in [0.1, 0.15) is 17.9 Å². The van der Waals surface area contributed by atoms with Crippen LogP contribution in [0.25, 0.3) is 5.57 Å². The molecule has 0 unspecified atom stereocenters. The van der Waals surface area contributed by atoms with Crippen molar-refractivity contribution >= 4 is 17.8 Å². The number of carbonyl (C=O) groups is 1. The van der Waals surface area contributed by atoms with Gasteiger partial charge in [0.25, 0.3) is 0 Å². The molecular formula is C27H27NO5. The molecular weight excluding hydrogens is 418 g/mol. The van der Waals surface area contributed by atoms with Gasteiger partial charge in [0.15, 0.2) is 5.75 Å². The van der Waals surface area contributed by atoms with Crippen molar-refractivity contribution in [3.63, 3.8) is 0 Å². The molecule has 0 aliphatic rings. The Morgan fingerprint density at radius 2 is 1.67 bits per heavy atom. The van der Waals surface area contributed by atoms with E-state index >= 15 is 0 Å². The van der Waals surface area contributed by atoms with Gasteiger partial charge >= 0.3 is 5.97 Å². The number of aryl methyl sites for hydroxylation is 2. The first-order chi connectivity index (χ1) is 16.0. The molecule has 6 heteroatoms. The predicted molar refractivity (Wildman–Crippen MR) is 128 cm³/mol. The monoisotopic (exact) mass is 445 g/mol. The lowest BCUT2D eigenvalue weighted by Gasteiger charge is -2.15. The fourth-order valence-electron chi connectivity index (χ4n) is 3.25. The van der Waals surface area contributed by atoms with Gasteiger partial charge in [0.05, 0.1) is 26.7 Å². The van der Waals surface area contributed by atoms with Crippen molar-refractivity contribution in [1.82, 2.24) is 0 Å². The molecule has 0 aromatic heterocycles. The molecule has 3 aromatic rings. The highest BCUT2D eigenvalue weighted by Crippen LogP contribution is 2.26. The van der Waals surface area contributed by atoms with Gasteiger partial charge in [0, 0.05) is 0 Å². The summed E-state index contributed by atoms with van der Waals surface area (Å²) < 4.78 is 16.1. The molecule has 0 radical (unpaired) electrons. The van der Waals surface area contributed by atoms with E-state index < -0.39 is 5.97 Å². The van der Waals surface area contributed by atoms with E-state index in [4.69, 9.17) is 19.0 Å². The number of hydrogen-bond donors (Lipinski definition) is 0. The molecule has 0 atom stereocenters. The largest absolute Gasteiger partial charge is 0.503 e. The summed E-state index contributed by atoms with van der Waals surface area (Å²) in [6.07, 6.45) is 3.07. The Morgan fingerprint density at radius 3 is 2.39 bits per heavy atom. The summed E-state index contributed by atoms with van der Waals surface area (Å²) in [5, 5.41) is 4.08. The van der Waals surface area contributed by atoms with Crippen LogP contribution in [-0.2, 0) is 20.9 Å². The predicted octanol–water partition coefficient (Wildman–Crippen LogP) is 5.46. The van der Waals surface area contributed by atoms with Crippen LogP contribution in [0.3, 0.4) is 0 Å². The number of methoxy groups -OCH3 is 2. The number of oxime groups is 1. The minimum Gasteiger partial charge on any atom is -0.503 e. The van der Waals surface area contributed by atoms with Crippen molar-refractivity contribution in [1.29, 1.82) is 0 Å². The second-order valence-electron chi connectivity index (χ2n) is 7.32. The molecule has 0 aliphatic heterocycles. The normalized spacial score (nSPS) is 11.3. The Labute approximate surface area is 194 Å². The molecule has 170 valence electrons. The van der Waals surface area contributed by atoms with Crippen LogP contribution in [0.2, 0.25) is 0 Å². The Morgan fingerprint density at radius 1 is 0.939 bits per heavy atom. The third-order valence-corrected chi connectivity index (χ3v) is 4.99. The standard InChI is InChI=1S/C27H27NO5/c1-19-15-26(20(2)14-22(19)16-28-33-23-11-6-5-7-12-23)32-17-21-10-8-9-13-24(21)25(18-30-3)27(29)31-4/h5-16,18H,17H2,1-4H3/b25-18-,28-16+. The topological polar surface area (TPSA) is 66.4 Å². The first kappa shape index (κ1) is 23.6. The lowest BCUT2D eigenvalue weighted by molar-refractivity contribution is -0.133. The molecule has 0 N–H and O–H groups in total. The number of esters is 1. The third-order valence-electron chi connectivity index (χ3n) is 4.99. The third kappa shape index (κ3) is 6.23. The van der Waals surface area contributed by atoms with Crippen LogP contribution in [0.1, 0.15) is 27.8 Å². The molecule has 0 amide bonds. The van der Waals surface area contributed by atoms with Gasteiger partial charge in [0.2, 0.25) is 0 Å². The number of benzene rings is 3. The smallest absolute Gasteiger partial charge is 0.341 e. The number of nitrogens with zero attached hydrogens (tertiary/aromatic N) is 1. The van der Waals surface area contributed by atoms with Crippen LogP contribution < -0.4 is 9.57 Å². The molecule has 0 heterocycles. The highest BCUT2D eigenvalue weighted by molar-refractivity contribution is 6.16. The Kier molecular flexibility index (Phi) is 8.24. The average Bonchev–Trinajstić information content (AvgIpc) is 2.84. The summed E-state index contributed by atoms with van der Waals surface area (Å²) in [7, 11) is 2.83. The Bertz CT molecular complexity index is 1150. The van der Waals surface area contributed by atoms with Crippen molar-refractivity contribution in [2.75, 3.05) is 14.2 Å². The maximum absolute atomic E-state index is 12.2. The highest BCUT2D eigenvalue weighted by Gasteiger charge is 2.17. The van der Waals surface area contributed by atoms with E-state index in [1.807, 2.05) is 80.6 Å². The number of para-hydroxylation sites is 1. The van der Waals surface area contributed by atoms with Gasteiger partial charge in [-0.15, -0.1) is 0 Å². The molecule has 0 saturated heterocycles. The molecule has 0 bridgehead atoms. The Balaban J connectivity index is 1.76. The molecule has 6 nitrogen and oxygen atoms in total. The van der Waals surface area contributed by atoms with Gasteiger partial charge in [-0.05, 0) is 65.9 Å². The van der Waals surface area contributed by atoms with Crippen molar-refractivity contribution in [2.45, 2.75) is 20.5 Å². The van der Waals surface area contributed by atoms with Gasteiger partial charge < -0.3 is 19.0 Å². The summed E-state index contributed by atoms with van der Waals surface area (Å²) in [5.74, 6) is 0.951. The van der Waals surface area contributed by atoms with Gasteiger partial charge in [-0.25, -0.2) is 4.79 Å². The first-order valence-electron chi connectivity index (χ1n) is 10.4. The second kappa shape index (κ2) is 11.5. The van der Waals surface area contributed by atoms with E-state index in [2.05, 4.69) is 5.16 Å². The first-order valence-corrected chi connectivity index (χ1v) is 10.4. The molecule has 0 fully saturated rings. The molecule has 0 spiro atoms. The minimum atomic E-state index is -0.474. The highest BCUT2D eigenvalue weighted by atomic mass is 16.6. The van der Waals surface area contributed by atoms with E-state index in [1.165, 1.54) is 20.5 Å². The van der Waals surface area contributed by atoms with Gasteiger partial charge in [-0.1, -0.05) is 47.6 Å². The van der Waals surface area contributed by atoms with Crippen molar-refractivity contribution in [3.05, 3.63) is 101 Å². The molecule has 0 aliphatic carbocycles. The van der Waals surface area contributed by atoms with Gasteiger partial charge in [-0.2, -0.15) is 0 Å². The quantitative estimate of drug-likeness (QED) is 0.144. The maximum Gasteiger partial charge on any atom is 0.341 e. The second-order valence-corrected chi connectivity index (χ2v) is 7.32. The van der Waals surface area contributed by atoms with E-state index in [1.54, 1.807) is 6.21 Å². The number of carbonyl (C=O) groups excluding carboxylic acids is 1. The minimum absolute atomic E-state index is 0.277. The van der Waals surface area contributed by atoms with Crippen LogP contribution >= 0.6 is 0 Å². The lowest BCUT2D eigenvalue weighted by atomic mass is 10.0. The zero-order chi connectivity index (χ0) is 23.6. The van der Waals surface area contributed by atoms with Crippen LogP contribution in [0.15, 0.2) is 78.1 Å². The average molecular weight is 446 g/mol. The summed E-state index contributed by atoms with van der Waals surface area (Å²) in [5.41, 5.74) is 4.76. The zero-order valence-electron chi connectivity index (χ0n) is 19.2. The van der Waals surface area contributed by atoms with E-state index in [9.17, 15) is 4.79 Å². The molecule has 3 aromatic carbocycles. The molecule has 33 heavy (non-hydrogen) atoms. The van der Waals surface area contributed by atoms with Crippen molar-refractivity contribution in [2.24, 2.45) is 5.16 Å². The Hall–Kier alpha value is -4.06. The van der Waals surface area contributed by atoms with Gasteiger partial charge in [-0.3, -0.25) is 0 Å². The van der Waals surface area contributed by atoms with Crippen LogP contribution in [0.5, 0.6) is 11.5 Å². The van der Waals surface area contributed by atoms with E-state index in [-0.39, 0.29) is 6.61 Å². The van der Waals surface area contributed by atoms with Crippen LogP contribution in [-0.4, -0.2) is 26.4 Å². The number of rotatable bonds is 9. The fraction of sp³-hybridized carbons (Fsp3) is 0.185. The van der Waals surface area contributed by atoms with Crippen molar-refractivity contribution in [3.8, 4) is 11.5 Å². The SMILES string of the molecule is CO/C=C(\C(=O)OC)c1ccccc1COc1cc(C)c(/C=N/Oc2ccccc2)cc1C. The zero-order valence-corrected chi connectivity index (χ0v) is 19.2. The summed E-state index contributed by atoms with van der Waals surface area (Å²) in [4.78, 5) is 17.6. The lowest BCUT2D eigenvalue weighted by Crippen LogP contribution is -2.08. The summed E-state index contributed by atoms with van der Waals surface area (Å²) in [6, 6.07) is 20.9. The van der Waals surface area contributed by atoms with E-state index in [0.717, 1.165) is 28.0 Å². The number of hydrogen-bond acceptors (Lipinski definition) is 6. The number of ether oxygens (including phenoxy) is 3. The van der Waals surface area contributed by atoms with Crippen molar-refractivity contribution < 1.29 is 23.8 Å². The fourth-order valence-corrected chi connectivity index (χ4v) is 3.25. The van der Waals surface area contributed by atoms with Crippen LogP contribution in [0, 0.1) is 13.8 Å². The molecule has 3 rings (SSSR count). The summed E-state index contributed by atoms with van der Waals surface area (Å²) >= 11 is 0. The maximum atomic E-state index is 12.2. The van der Waals surface area contributed by atoms with Crippen LogP contribution in [0.4, 0.5) is 0 Å². The summed E-state index contributed by atoms with van der Waals surface area (Å²) in [6.45, 7) is 4.24. The van der Waals surface area contributed by atoms with E-state index in [0.29, 0.717) is 16.9 Å².